The molecule has 0 heterocycles. The van der Waals surface area contributed by atoms with Crippen molar-refractivity contribution >= 4 is 17.5 Å². The Bertz CT molecular complexity index is 772. The smallest absolute Gasteiger partial charge is 0.269 e. The molecule has 0 saturated carbocycles. The van der Waals surface area contributed by atoms with Crippen LogP contribution in [0.15, 0.2) is 54.7 Å². The summed E-state index contributed by atoms with van der Waals surface area (Å²) < 4.78 is 5.76. The highest BCUT2D eigenvalue weighted by molar-refractivity contribution is 6.31. The van der Waals surface area contributed by atoms with Gasteiger partial charge in [-0.3, -0.25) is 10.2 Å². The van der Waals surface area contributed by atoms with Crippen LogP contribution in [0.1, 0.15) is 41.8 Å². The van der Waals surface area contributed by atoms with Gasteiger partial charge in [0.15, 0.2) is 0 Å². The van der Waals surface area contributed by atoms with Crippen molar-refractivity contribution in [1.29, 1.82) is 0 Å². The van der Waals surface area contributed by atoms with Crippen LogP contribution < -0.4 is 15.6 Å². The first kappa shape index (κ1) is 19.9. The first-order valence-corrected chi connectivity index (χ1v) is 9.01. The van der Waals surface area contributed by atoms with Gasteiger partial charge in [-0.1, -0.05) is 44.2 Å². The molecular formula is C21H25ClN2O2. The van der Waals surface area contributed by atoms with E-state index in [9.17, 15) is 4.79 Å². The number of rotatable bonds is 8. The molecule has 4 nitrogen and oxygen atoms in total. The number of hydrogen-bond acceptors (Lipinski definition) is 3. The average Bonchev–Trinajstić information content (AvgIpc) is 2.66. The van der Waals surface area contributed by atoms with Crippen molar-refractivity contribution in [3.63, 3.8) is 0 Å². The van der Waals surface area contributed by atoms with Gasteiger partial charge in [0.2, 0.25) is 0 Å². The van der Waals surface area contributed by atoms with Crippen LogP contribution in [0, 0.1) is 12.8 Å². The third kappa shape index (κ3) is 5.53. The van der Waals surface area contributed by atoms with Gasteiger partial charge in [0.1, 0.15) is 12.4 Å². The number of nitrogens with one attached hydrogen (secondary N) is 2. The van der Waals surface area contributed by atoms with Crippen molar-refractivity contribution in [2.24, 2.45) is 5.92 Å². The summed E-state index contributed by atoms with van der Waals surface area (Å²) in [5.74, 6) is 0.864. The Labute approximate surface area is 160 Å². The van der Waals surface area contributed by atoms with Crippen molar-refractivity contribution in [1.82, 2.24) is 10.9 Å². The van der Waals surface area contributed by atoms with Crippen LogP contribution in [-0.4, -0.2) is 5.91 Å². The number of hydrazine groups is 1. The summed E-state index contributed by atoms with van der Waals surface area (Å²) in [4.78, 5) is 12.2. The van der Waals surface area contributed by atoms with Gasteiger partial charge in [-0.25, -0.2) is 0 Å². The van der Waals surface area contributed by atoms with E-state index in [0.717, 1.165) is 34.0 Å². The molecule has 2 N–H and O–H groups in total. The number of ether oxygens (including phenoxy) is 1. The van der Waals surface area contributed by atoms with Crippen molar-refractivity contribution < 1.29 is 9.53 Å². The Kier molecular flexibility index (Phi) is 7.10. The Balaban J connectivity index is 1.88. The molecule has 0 aliphatic rings. The zero-order valence-corrected chi connectivity index (χ0v) is 16.2. The van der Waals surface area contributed by atoms with Crippen molar-refractivity contribution in [2.45, 2.75) is 33.8 Å². The van der Waals surface area contributed by atoms with E-state index in [2.05, 4.69) is 31.3 Å². The molecule has 0 bridgehead atoms. The number of allylic oxidation sites excluding steroid dienone is 1. The second-order valence-corrected chi connectivity index (χ2v) is 6.72. The van der Waals surface area contributed by atoms with E-state index >= 15 is 0 Å². The summed E-state index contributed by atoms with van der Waals surface area (Å²) in [6.45, 7) is 10.4. The van der Waals surface area contributed by atoms with E-state index in [1.54, 1.807) is 12.1 Å². The molecule has 0 fully saturated rings. The standard InChI is InChI=1S/C21H25ClN2O2/c1-5-14(2)16(4)23-24-21(25)18-8-6-17(7-9-18)13-26-19-10-11-20(22)15(3)12-19/h6-12,14,23H,4-5,13H2,1-3H3,(H,24,25)/t14-/m1/s1. The van der Waals surface area contributed by atoms with Gasteiger partial charge in [-0.05, 0) is 60.7 Å². The van der Waals surface area contributed by atoms with Crippen LogP contribution >= 0.6 is 11.6 Å². The van der Waals surface area contributed by atoms with Crippen LogP contribution in [0.2, 0.25) is 5.02 Å². The maximum atomic E-state index is 12.2. The summed E-state index contributed by atoms with van der Waals surface area (Å²) in [5, 5.41) is 0.720. The highest BCUT2D eigenvalue weighted by Crippen LogP contribution is 2.21. The second kappa shape index (κ2) is 9.30. The summed E-state index contributed by atoms with van der Waals surface area (Å²) in [6, 6.07) is 12.9. The summed E-state index contributed by atoms with van der Waals surface area (Å²) in [6.07, 6.45) is 0.962. The number of carbonyl (C=O) groups excluding carboxylic acids is 1. The SMILES string of the molecule is C=C(NNC(=O)c1ccc(COc2ccc(Cl)c(C)c2)cc1)[C@H](C)CC. The lowest BCUT2D eigenvalue weighted by molar-refractivity contribution is 0.0937. The van der Waals surface area contributed by atoms with E-state index in [-0.39, 0.29) is 5.91 Å². The van der Waals surface area contributed by atoms with E-state index in [1.807, 2.05) is 37.3 Å². The minimum Gasteiger partial charge on any atom is -0.489 e. The Hall–Kier alpha value is -2.46. The number of aryl methyl sites for hydroxylation is 1. The van der Waals surface area contributed by atoms with Crippen LogP contribution in [0.4, 0.5) is 0 Å². The molecule has 0 aliphatic carbocycles. The monoisotopic (exact) mass is 372 g/mol. The summed E-state index contributed by atoms with van der Waals surface area (Å²) >= 11 is 6.01. The fraction of sp³-hybridized carbons (Fsp3) is 0.286. The maximum Gasteiger partial charge on any atom is 0.269 e. The third-order valence-electron chi connectivity index (χ3n) is 4.29. The quantitative estimate of drug-likeness (QED) is 0.639. The zero-order chi connectivity index (χ0) is 19.1. The fourth-order valence-corrected chi connectivity index (χ4v) is 2.32. The molecule has 2 aromatic carbocycles. The Morgan fingerprint density at radius 1 is 1.19 bits per heavy atom. The molecule has 0 aliphatic heterocycles. The normalized spacial score (nSPS) is 11.5. The van der Waals surface area contributed by atoms with E-state index < -0.39 is 0 Å². The van der Waals surface area contributed by atoms with Gasteiger partial charge in [0.05, 0.1) is 0 Å². The lowest BCUT2D eigenvalue weighted by Crippen LogP contribution is -2.38. The molecule has 0 unspecified atom stereocenters. The highest BCUT2D eigenvalue weighted by Gasteiger charge is 2.08. The zero-order valence-electron chi connectivity index (χ0n) is 15.4. The average molecular weight is 373 g/mol. The van der Waals surface area contributed by atoms with Crippen LogP contribution in [0.5, 0.6) is 5.75 Å². The van der Waals surface area contributed by atoms with E-state index in [0.29, 0.717) is 18.1 Å². The predicted octanol–water partition coefficient (Wildman–Crippen LogP) is 5.02. The largest absolute Gasteiger partial charge is 0.489 e. The Morgan fingerprint density at radius 3 is 2.50 bits per heavy atom. The number of carbonyl (C=O) groups is 1. The first-order chi connectivity index (χ1) is 12.4. The van der Waals surface area contributed by atoms with E-state index in [4.69, 9.17) is 16.3 Å². The molecule has 5 heteroatoms. The molecule has 0 saturated heterocycles. The van der Waals surface area contributed by atoms with Gasteiger partial charge in [-0.15, -0.1) is 0 Å². The van der Waals surface area contributed by atoms with E-state index in [1.165, 1.54) is 0 Å². The topological polar surface area (TPSA) is 50.4 Å². The Morgan fingerprint density at radius 2 is 1.88 bits per heavy atom. The minimum absolute atomic E-state index is 0.199. The molecule has 1 atom stereocenters. The molecular weight excluding hydrogens is 348 g/mol. The van der Waals surface area contributed by atoms with Gasteiger partial charge in [0.25, 0.3) is 5.91 Å². The lowest BCUT2D eigenvalue weighted by Gasteiger charge is -2.15. The van der Waals surface area contributed by atoms with Gasteiger partial charge < -0.3 is 10.2 Å². The summed E-state index contributed by atoms with van der Waals surface area (Å²) in [5.41, 5.74) is 8.86. The van der Waals surface area contributed by atoms with Crippen molar-refractivity contribution in [3.8, 4) is 5.75 Å². The van der Waals surface area contributed by atoms with Crippen LogP contribution in [0.25, 0.3) is 0 Å². The van der Waals surface area contributed by atoms with Crippen molar-refractivity contribution in [3.05, 3.63) is 76.5 Å². The first-order valence-electron chi connectivity index (χ1n) is 8.63. The highest BCUT2D eigenvalue weighted by atomic mass is 35.5. The lowest BCUT2D eigenvalue weighted by atomic mass is 10.1. The molecule has 0 spiro atoms. The number of halogens is 1. The third-order valence-corrected chi connectivity index (χ3v) is 4.72. The number of hydrogen-bond donors (Lipinski definition) is 2. The van der Waals surface area contributed by atoms with Crippen molar-refractivity contribution in [2.75, 3.05) is 0 Å². The fourth-order valence-electron chi connectivity index (χ4n) is 2.20. The molecule has 138 valence electrons. The van der Waals surface area contributed by atoms with Crippen LogP contribution in [0.3, 0.4) is 0 Å². The van der Waals surface area contributed by atoms with Gasteiger partial charge in [-0.2, -0.15) is 0 Å². The molecule has 0 radical (unpaired) electrons. The number of benzene rings is 2. The van der Waals surface area contributed by atoms with Gasteiger partial charge >= 0.3 is 0 Å². The van der Waals surface area contributed by atoms with Crippen LogP contribution in [-0.2, 0) is 6.61 Å². The molecule has 2 aromatic rings. The summed E-state index contributed by atoms with van der Waals surface area (Å²) in [7, 11) is 0. The number of amides is 1. The predicted molar refractivity (Wildman–Crippen MR) is 106 cm³/mol. The minimum atomic E-state index is -0.199. The van der Waals surface area contributed by atoms with Gasteiger partial charge in [0, 0.05) is 16.3 Å². The molecule has 1 amide bonds. The molecule has 2 rings (SSSR count). The maximum absolute atomic E-state index is 12.2. The molecule has 0 aromatic heterocycles. The molecule has 26 heavy (non-hydrogen) atoms. The second-order valence-electron chi connectivity index (χ2n) is 6.31.